The van der Waals surface area contributed by atoms with Crippen molar-refractivity contribution in [1.82, 2.24) is 14.4 Å². The number of rotatable bonds is 4. The lowest BCUT2D eigenvalue weighted by Crippen LogP contribution is -2.55. The molecule has 1 atom stereocenters. The molecule has 4 aromatic rings. The van der Waals surface area contributed by atoms with Gasteiger partial charge < -0.3 is 14.4 Å². The Morgan fingerprint density at radius 3 is 2.47 bits per heavy atom. The van der Waals surface area contributed by atoms with Crippen molar-refractivity contribution in [2.24, 2.45) is 0 Å². The minimum Gasteiger partial charge on any atom is -0.334 e. The van der Waals surface area contributed by atoms with Crippen LogP contribution in [0.25, 0.3) is 10.2 Å². The molecule has 5 nitrogen and oxygen atoms in total. The highest BCUT2D eigenvalue weighted by Crippen LogP contribution is 2.28. The van der Waals surface area contributed by atoms with Crippen molar-refractivity contribution in [3.8, 4) is 0 Å². The molecule has 2 amide bonds. The average Bonchev–Trinajstić information content (AvgIpc) is 3.41. The highest BCUT2D eigenvalue weighted by Gasteiger charge is 2.32. The molecular formula is C28H29N3O2S. The third-order valence-corrected chi connectivity index (χ3v) is 7.57. The minimum atomic E-state index is -0.0483. The van der Waals surface area contributed by atoms with Gasteiger partial charge in [0.1, 0.15) is 10.5 Å². The van der Waals surface area contributed by atoms with E-state index >= 15 is 0 Å². The van der Waals surface area contributed by atoms with Crippen LogP contribution in [0.4, 0.5) is 0 Å². The van der Waals surface area contributed by atoms with Crippen molar-refractivity contribution in [2.75, 3.05) is 19.6 Å². The van der Waals surface area contributed by atoms with Crippen LogP contribution in [0.3, 0.4) is 0 Å². The van der Waals surface area contributed by atoms with Gasteiger partial charge in [-0.05, 0) is 56.0 Å². The smallest absolute Gasteiger partial charge is 0.270 e. The second-order valence-electron chi connectivity index (χ2n) is 9.25. The molecule has 3 heterocycles. The monoisotopic (exact) mass is 471 g/mol. The zero-order chi connectivity index (χ0) is 23.8. The van der Waals surface area contributed by atoms with Gasteiger partial charge in [-0.25, -0.2) is 0 Å². The van der Waals surface area contributed by atoms with Gasteiger partial charge in [-0.15, -0.1) is 11.3 Å². The van der Waals surface area contributed by atoms with Crippen LogP contribution in [-0.4, -0.2) is 51.9 Å². The van der Waals surface area contributed by atoms with Crippen molar-refractivity contribution < 1.29 is 9.59 Å². The number of nitrogens with zero attached hydrogens (tertiary/aromatic N) is 3. The third-order valence-electron chi connectivity index (χ3n) is 6.62. The second kappa shape index (κ2) is 9.11. The zero-order valence-corrected chi connectivity index (χ0v) is 20.6. The Labute approximate surface area is 204 Å². The molecule has 0 unspecified atom stereocenters. The largest absolute Gasteiger partial charge is 0.334 e. The number of piperazine rings is 1. The highest BCUT2D eigenvalue weighted by molar-refractivity contribution is 7.16. The van der Waals surface area contributed by atoms with Crippen molar-refractivity contribution in [3.63, 3.8) is 0 Å². The maximum atomic E-state index is 13.7. The summed E-state index contributed by atoms with van der Waals surface area (Å²) < 4.78 is 2.14. The van der Waals surface area contributed by atoms with E-state index in [-0.39, 0.29) is 17.9 Å². The number of carbonyl (C=O) groups excluding carboxylic acids is 2. The van der Waals surface area contributed by atoms with Gasteiger partial charge >= 0.3 is 0 Å². The highest BCUT2D eigenvalue weighted by atomic mass is 32.1. The lowest BCUT2D eigenvalue weighted by molar-refractivity contribution is 0.0409. The fourth-order valence-corrected chi connectivity index (χ4v) is 5.67. The van der Waals surface area contributed by atoms with Gasteiger partial charge in [-0.1, -0.05) is 47.5 Å². The predicted molar refractivity (Wildman–Crippen MR) is 138 cm³/mol. The van der Waals surface area contributed by atoms with Gasteiger partial charge in [-0.3, -0.25) is 9.59 Å². The molecule has 0 aliphatic carbocycles. The zero-order valence-electron chi connectivity index (χ0n) is 19.8. The molecule has 6 heteroatoms. The number of carbonyl (C=O) groups is 2. The van der Waals surface area contributed by atoms with Crippen molar-refractivity contribution in [2.45, 2.75) is 33.4 Å². The first kappa shape index (κ1) is 22.4. The van der Waals surface area contributed by atoms with E-state index < -0.39 is 0 Å². The molecule has 1 fully saturated rings. The van der Waals surface area contributed by atoms with E-state index in [0.29, 0.717) is 37.4 Å². The lowest BCUT2D eigenvalue weighted by Gasteiger charge is -2.40. The first-order chi connectivity index (χ1) is 16.4. The Kier molecular flexibility index (Phi) is 6.00. The Morgan fingerprint density at radius 1 is 0.941 bits per heavy atom. The van der Waals surface area contributed by atoms with Gasteiger partial charge in [0, 0.05) is 43.2 Å². The second-order valence-corrected chi connectivity index (χ2v) is 10.1. The van der Waals surface area contributed by atoms with Gasteiger partial charge in [0.2, 0.25) is 0 Å². The Morgan fingerprint density at radius 2 is 1.74 bits per heavy atom. The first-order valence-electron chi connectivity index (χ1n) is 11.7. The van der Waals surface area contributed by atoms with E-state index in [0.717, 1.165) is 15.8 Å². The van der Waals surface area contributed by atoms with Crippen molar-refractivity contribution >= 4 is 33.4 Å². The summed E-state index contributed by atoms with van der Waals surface area (Å²) in [7, 11) is 0. The predicted octanol–water partition coefficient (Wildman–Crippen LogP) is 5.35. The molecule has 2 aromatic heterocycles. The SMILES string of the molecule is Cc1ccc(C(=O)N2CCN(C(=O)c3cc4ccsc4n3Cc3cccc(C)c3)C[C@@H]2C)cc1. The normalized spacial score (nSPS) is 16.3. The first-order valence-corrected chi connectivity index (χ1v) is 12.6. The summed E-state index contributed by atoms with van der Waals surface area (Å²) in [6.45, 7) is 8.38. The Bertz CT molecular complexity index is 1350. The van der Waals surface area contributed by atoms with Gasteiger partial charge in [0.15, 0.2) is 0 Å². The molecule has 2 aromatic carbocycles. The molecule has 5 rings (SSSR count). The molecule has 0 bridgehead atoms. The minimum absolute atomic E-state index is 0.0305. The fourth-order valence-electron chi connectivity index (χ4n) is 4.77. The molecule has 1 saturated heterocycles. The quantitative estimate of drug-likeness (QED) is 0.403. The summed E-state index contributed by atoms with van der Waals surface area (Å²) in [4.78, 5) is 31.6. The van der Waals surface area contributed by atoms with Crippen LogP contribution in [0, 0.1) is 13.8 Å². The van der Waals surface area contributed by atoms with E-state index in [1.165, 1.54) is 11.1 Å². The number of fused-ring (bicyclic) bond motifs is 1. The average molecular weight is 472 g/mol. The molecule has 174 valence electrons. The summed E-state index contributed by atoms with van der Waals surface area (Å²) in [5.74, 6) is 0.0632. The van der Waals surface area contributed by atoms with Crippen molar-refractivity contribution in [3.05, 3.63) is 94.0 Å². The Balaban J connectivity index is 1.36. The number of benzene rings is 2. The number of aromatic nitrogens is 1. The molecule has 1 aliphatic heterocycles. The molecule has 34 heavy (non-hydrogen) atoms. The Hall–Kier alpha value is -3.38. The molecule has 1 aliphatic rings. The van der Waals surface area contributed by atoms with Gasteiger partial charge in [0.25, 0.3) is 11.8 Å². The molecular weight excluding hydrogens is 442 g/mol. The maximum absolute atomic E-state index is 13.7. The third kappa shape index (κ3) is 4.26. The molecule has 0 saturated carbocycles. The van der Waals surface area contributed by atoms with Gasteiger partial charge in [0.05, 0.1) is 0 Å². The molecule has 0 radical (unpaired) electrons. The van der Waals surface area contributed by atoms with E-state index in [4.69, 9.17) is 0 Å². The van der Waals surface area contributed by atoms with E-state index in [1.54, 1.807) is 11.3 Å². The van der Waals surface area contributed by atoms with E-state index in [1.807, 2.05) is 54.0 Å². The molecule has 0 spiro atoms. The van der Waals surface area contributed by atoms with Crippen molar-refractivity contribution in [1.29, 1.82) is 0 Å². The topological polar surface area (TPSA) is 45.6 Å². The van der Waals surface area contributed by atoms with Crippen LogP contribution in [0.5, 0.6) is 0 Å². The van der Waals surface area contributed by atoms with Crippen LogP contribution in [0.2, 0.25) is 0 Å². The summed E-state index contributed by atoms with van der Waals surface area (Å²) in [6, 6.07) is 20.2. The summed E-state index contributed by atoms with van der Waals surface area (Å²) >= 11 is 1.67. The number of aryl methyl sites for hydroxylation is 2. The van der Waals surface area contributed by atoms with E-state index in [9.17, 15) is 9.59 Å². The molecule has 0 N–H and O–H groups in total. The summed E-state index contributed by atoms with van der Waals surface area (Å²) in [6.07, 6.45) is 0. The van der Waals surface area contributed by atoms with Crippen LogP contribution < -0.4 is 0 Å². The number of hydrogen-bond donors (Lipinski definition) is 0. The number of thiophene rings is 1. The summed E-state index contributed by atoms with van der Waals surface area (Å²) in [5, 5.41) is 3.17. The van der Waals surface area contributed by atoms with Gasteiger partial charge in [-0.2, -0.15) is 0 Å². The standard InChI is InChI=1S/C28H29N3O2S/c1-19-7-9-23(10-8-19)26(32)30-13-12-29(17-21(30)3)27(33)25-16-24-11-14-34-28(24)31(25)18-22-6-4-5-20(2)15-22/h4-11,14-16,21H,12-13,17-18H2,1-3H3/t21-/m0/s1. The fraction of sp³-hybridized carbons (Fsp3) is 0.286. The van der Waals surface area contributed by atoms with Crippen LogP contribution in [0.15, 0.2) is 66.0 Å². The number of hydrogen-bond acceptors (Lipinski definition) is 3. The summed E-state index contributed by atoms with van der Waals surface area (Å²) in [5.41, 5.74) is 4.94. The van der Waals surface area contributed by atoms with Crippen LogP contribution in [-0.2, 0) is 6.54 Å². The van der Waals surface area contributed by atoms with Crippen LogP contribution in [0.1, 0.15) is 44.5 Å². The lowest BCUT2D eigenvalue weighted by atomic mass is 10.1. The maximum Gasteiger partial charge on any atom is 0.270 e. The van der Waals surface area contributed by atoms with Crippen LogP contribution >= 0.6 is 11.3 Å². The van der Waals surface area contributed by atoms with E-state index in [2.05, 4.69) is 47.2 Å². The number of amides is 2.